The minimum atomic E-state index is -4.59. The highest BCUT2D eigenvalue weighted by molar-refractivity contribution is 5.85. The highest BCUT2D eigenvalue weighted by atomic mass is 35.5. The predicted octanol–water partition coefficient (Wildman–Crippen LogP) is 2.54. The van der Waals surface area contributed by atoms with Gasteiger partial charge in [0.05, 0.1) is 10.5 Å². The van der Waals surface area contributed by atoms with E-state index in [4.69, 9.17) is 5.73 Å². The van der Waals surface area contributed by atoms with E-state index >= 15 is 0 Å². The second-order valence-corrected chi connectivity index (χ2v) is 3.18. The molecule has 0 aromatic heterocycles. The fourth-order valence-corrected chi connectivity index (χ4v) is 1.25. The molecule has 0 spiro atoms. The van der Waals surface area contributed by atoms with E-state index < -0.39 is 22.4 Å². The van der Waals surface area contributed by atoms with E-state index in [9.17, 15) is 23.3 Å². The Morgan fingerprint density at radius 2 is 1.88 bits per heavy atom. The Morgan fingerprint density at radius 1 is 1.29 bits per heavy atom. The average molecular weight is 271 g/mol. The maximum absolute atomic E-state index is 12.4. The van der Waals surface area contributed by atoms with E-state index in [1.807, 2.05) is 0 Å². The molecule has 2 N–H and O–H groups in total. The van der Waals surface area contributed by atoms with Crippen LogP contribution in [0.5, 0.6) is 0 Å². The van der Waals surface area contributed by atoms with Crippen LogP contribution in [0.3, 0.4) is 0 Å². The van der Waals surface area contributed by atoms with Crippen LogP contribution < -0.4 is 5.73 Å². The molecule has 96 valence electrons. The lowest BCUT2D eigenvalue weighted by Crippen LogP contribution is -2.09. The Balaban J connectivity index is 0.00000256. The molecule has 17 heavy (non-hydrogen) atoms. The molecule has 0 unspecified atom stereocenters. The van der Waals surface area contributed by atoms with Gasteiger partial charge in [0.1, 0.15) is 0 Å². The molecule has 0 amide bonds. The SMILES string of the molecule is Cl.NCCc1cc([N+](=O)[O-])cc(C(F)(F)F)c1. The van der Waals surface area contributed by atoms with Gasteiger partial charge in [-0.1, -0.05) is 0 Å². The zero-order chi connectivity index (χ0) is 12.3. The van der Waals surface area contributed by atoms with Gasteiger partial charge in [-0.2, -0.15) is 13.2 Å². The fourth-order valence-electron chi connectivity index (χ4n) is 1.25. The van der Waals surface area contributed by atoms with E-state index in [1.54, 1.807) is 0 Å². The zero-order valence-electron chi connectivity index (χ0n) is 8.53. The lowest BCUT2D eigenvalue weighted by Gasteiger charge is -2.08. The Bertz CT molecular complexity index is 410. The second kappa shape index (κ2) is 5.83. The molecular formula is C9H10ClF3N2O2. The highest BCUT2D eigenvalue weighted by Gasteiger charge is 2.32. The van der Waals surface area contributed by atoms with Crippen molar-refractivity contribution in [1.82, 2.24) is 0 Å². The van der Waals surface area contributed by atoms with Gasteiger partial charge >= 0.3 is 6.18 Å². The highest BCUT2D eigenvalue weighted by Crippen LogP contribution is 2.32. The standard InChI is InChI=1S/C9H9F3N2O2.ClH/c10-9(11,12)7-3-6(1-2-13)4-8(5-7)14(15)16;/h3-5H,1-2,13H2;1H. The van der Waals surface area contributed by atoms with Crippen LogP contribution in [0.4, 0.5) is 18.9 Å². The second-order valence-electron chi connectivity index (χ2n) is 3.18. The molecule has 0 heterocycles. The van der Waals surface area contributed by atoms with Crippen molar-refractivity contribution in [3.8, 4) is 0 Å². The molecule has 0 radical (unpaired) electrons. The molecule has 0 bridgehead atoms. The van der Waals surface area contributed by atoms with Gasteiger partial charge in [-0.3, -0.25) is 10.1 Å². The molecule has 1 aromatic rings. The maximum Gasteiger partial charge on any atom is 0.416 e. The summed E-state index contributed by atoms with van der Waals surface area (Å²) in [5.41, 5.74) is 3.81. The quantitative estimate of drug-likeness (QED) is 0.678. The molecule has 0 atom stereocenters. The van der Waals surface area contributed by atoms with E-state index in [0.29, 0.717) is 6.07 Å². The van der Waals surface area contributed by atoms with Crippen LogP contribution in [0.25, 0.3) is 0 Å². The van der Waals surface area contributed by atoms with Crippen LogP contribution >= 0.6 is 12.4 Å². The van der Waals surface area contributed by atoms with Gasteiger partial charge in [-0.15, -0.1) is 12.4 Å². The van der Waals surface area contributed by atoms with Crippen LogP contribution in [0.1, 0.15) is 11.1 Å². The maximum atomic E-state index is 12.4. The summed E-state index contributed by atoms with van der Waals surface area (Å²) >= 11 is 0. The number of nitro groups is 1. The number of alkyl halides is 3. The molecular weight excluding hydrogens is 261 g/mol. The van der Waals surface area contributed by atoms with Gasteiger partial charge in [0.25, 0.3) is 5.69 Å². The van der Waals surface area contributed by atoms with Gasteiger partial charge in [-0.05, 0) is 24.6 Å². The van der Waals surface area contributed by atoms with Crippen LogP contribution in [-0.2, 0) is 12.6 Å². The molecule has 0 aliphatic heterocycles. The van der Waals surface area contributed by atoms with Gasteiger partial charge in [0.2, 0.25) is 0 Å². The summed E-state index contributed by atoms with van der Waals surface area (Å²) in [7, 11) is 0. The lowest BCUT2D eigenvalue weighted by molar-refractivity contribution is -0.385. The van der Waals surface area contributed by atoms with Gasteiger partial charge in [0.15, 0.2) is 0 Å². The molecule has 0 fully saturated rings. The van der Waals surface area contributed by atoms with Crippen molar-refractivity contribution in [2.75, 3.05) is 6.54 Å². The molecule has 8 heteroatoms. The van der Waals surface area contributed by atoms with E-state index in [1.165, 1.54) is 0 Å². The van der Waals surface area contributed by atoms with E-state index in [2.05, 4.69) is 0 Å². The average Bonchev–Trinajstić information content (AvgIpc) is 2.16. The van der Waals surface area contributed by atoms with Gasteiger partial charge in [-0.25, -0.2) is 0 Å². The van der Waals surface area contributed by atoms with Crippen molar-refractivity contribution < 1.29 is 18.1 Å². The number of benzene rings is 1. The molecule has 0 aliphatic rings. The number of rotatable bonds is 3. The van der Waals surface area contributed by atoms with E-state index in [0.717, 1.165) is 12.1 Å². The number of nitrogens with two attached hydrogens (primary N) is 1. The summed E-state index contributed by atoms with van der Waals surface area (Å²) < 4.78 is 37.2. The third-order valence-electron chi connectivity index (χ3n) is 1.95. The Labute approximate surface area is 101 Å². The van der Waals surface area contributed by atoms with Gasteiger partial charge in [0, 0.05) is 12.1 Å². The summed E-state index contributed by atoms with van der Waals surface area (Å²) in [5, 5.41) is 10.4. The van der Waals surface area contributed by atoms with Crippen molar-refractivity contribution >= 4 is 18.1 Å². The topological polar surface area (TPSA) is 69.2 Å². The summed E-state index contributed by atoms with van der Waals surface area (Å²) in [6.45, 7) is 0.137. The molecule has 1 rings (SSSR count). The van der Waals surface area contributed by atoms with Crippen LogP contribution in [0.2, 0.25) is 0 Å². The number of nitro benzene ring substituents is 1. The van der Waals surface area contributed by atoms with Crippen molar-refractivity contribution in [1.29, 1.82) is 0 Å². The molecule has 1 aromatic carbocycles. The van der Waals surface area contributed by atoms with Crippen molar-refractivity contribution in [2.24, 2.45) is 5.73 Å². The normalized spacial score (nSPS) is 10.8. The third kappa shape index (κ3) is 4.20. The smallest absolute Gasteiger partial charge is 0.330 e. The minimum Gasteiger partial charge on any atom is -0.330 e. The van der Waals surface area contributed by atoms with Gasteiger partial charge < -0.3 is 5.73 Å². The summed E-state index contributed by atoms with van der Waals surface area (Å²) in [4.78, 5) is 9.59. The Kier molecular flexibility index (Phi) is 5.37. The molecule has 0 saturated carbocycles. The van der Waals surface area contributed by atoms with Crippen LogP contribution in [0.15, 0.2) is 18.2 Å². The first-order valence-corrected chi connectivity index (χ1v) is 4.40. The Morgan fingerprint density at radius 3 is 2.29 bits per heavy atom. The minimum absolute atomic E-state index is 0. The lowest BCUT2D eigenvalue weighted by atomic mass is 10.1. The number of hydrogen-bond acceptors (Lipinski definition) is 3. The first kappa shape index (κ1) is 15.7. The molecule has 0 saturated heterocycles. The van der Waals surface area contributed by atoms with Crippen LogP contribution in [-0.4, -0.2) is 11.5 Å². The van der Waals surface area contributed by atoms with Crippen molar-refractivity contribution in [3.05, 3.63) is 39.4 Å². The number of non-ortho nitro benzene ring substituents is 1. The fraction of sp³-hybridized carbons (Fsp3) is 0.333. The molecule has 0 aliphatic carbocycles. The molecule has 4 nitrogen and oxygen atoms in total. The first-order valence-electron chi connectivity index (χ1n) is 4.40. The van der Waals surface area contributed by atoms with E-state index in [-0.39, 0.29) is 30.9 Å². The largest absolute Gasteiger partial charge is 0.416 e. The number of halogens is 4. The van der Waals surface area contributed by atoms with Crippen LogP contribution in [0, 0.1) is 10.1 Å². The summed E-state index contributed by atoms with van der Waals surface area (Å²) in [6.07, 6.45) is -4.42. The Hall–Kier alpha value is -1.34. The summed E-state index contributed by atoms with van der Waals surface area (Å²) in [6, 6.07) is 2.49. The zero-order valence-corrected chi connectivity index (χ0v) is 9.35. The van der Waals surface area contributed by atoms with Crippen molar-refractivity contribution in [2.45, 2.75) is 12.6 Å². The summed E-state index contributed by atoms with van der Waals surface area (Å²) in [5.74, 6) is 0. The predicted molar refractivity (Wildman–Crippen MR) is 58.1 cm³/mol. The first-order chi connectivity index (χ1) is 7.34. The number of nitrogens with zero attached hydrogens (tertiary/aromatic N) is 1. The van der Waals surface area contributed by atoms with Crippen molar-refractivity contribution in [3.63, 3.8) is 0 Å². The third-order valence-corrected chi connectivity index (χ3v) is 1.95. The number of hydrogen-bond donors (Lipinski definition) is 1. The monoisotopic (exact) mass is 270 g/mol.